The first-order valence-corrected chi connectivity index (χ1v) is 6.48. The first-order chi connectivity index (χ1) is 10.8. The number of carbonyl (C=O) groups excluding carboxylic acids is 2. The van der Waals surface area contributed by atoms with E-state index in [0.717, 1.165) is 12.4 Å². The predicted octanol–water partition coefficient (Wildman–Crippen LogP) is 2.30. The third-order valence-electron chi connectivity index (χ3n) is 2.53. The molecular formula is C16H13N3O3. The van der Waals surface area contributed by atoms with Crippen LogP contribution in [0.4, 0.5) is 5.69 Å². The van der Waals surface area contributed by atoms with Crippen molar-refractivity contribution >= 4 is 36.0 Å². The van der Waals surface area contributed by atoms with Crippen LogP contribution in [0.5, 0.6) is 0 Å². The van der Waals surface area contributed by atoms with Crippen molar-refractivity contribution < 1.29 is 14.3 Å². The van der Waals surface area contributed by atoms with Gasteiger partial charge in [-0.15, -0.1) is 0 Å². The predicted molar refractivity (Wildman–Crippen MR) is 85.1 cm³/mol. The van der Waals surface area contributed by atoms with Crippen LogP contribution >= 0.6 is 0 Å². The average Bonchev–Trinajstić information content (AvgIpc) is 2.54. The lowest BCUT2D eigenvalue weighted by Gasteiger charge is -2.00. The van der Waals surface area contributed by atoms with E-state index < -0.39 is 11.7 Å². The van der Waals surface area contributed by atoms with Gasteiger partial charge in [-0.25, -0.2) is 4.99 Å². The largest absolute Gasteiger partial charge is 0.496 e. The number of para-hydroxylation sites is 1. The Labute approximate surface area is 127 Å². The molecule has 0 aromatic heterocycles. The van der Waals surface area contributed by atoms with Crippen LogP contribution in [0.1, 0.15) is 10.4 Å². The molecule has 0 N–H and O–H groups in total. The van der Waals surface area contributed by atoms with Gasteiger partial charge < -0.3 is 4.74 Å². The lowest BCUT2D eigenvalue weighted by Crippen LogP contribution is -2.04. The molecular weight excluding hydrogens is 282 g/mol. The Morgan fingerprint density at radius 2 is 1.91 bits per heavy atom. The van der Waals surface area contributed by atoms with E-state index in [2.05, 4.69) is 15.0 Å². The second-order valence-electron chi connectivity index (χ2n) is 4.08. The molecule has 0 unspecified atom stereocenters. The third-order valence-corrected chi connectivity index (χ3v) is 2.53. The van der Waals surface area contributed by atoms with E-state index in [-0.39, 0.29) is 0 Å². The van der Waals surface area contributed by atoms with Gasteiger partial charge in [0.05, 0.1) is 24.3 Å². The van der Waals surface area contributed by atoms with E-state index in [1.807, 2.05) is 0 Å². The standard InChI is InChI=1S/C16H13N3O3/c20-15-11-19-16(21)12-17-8-10-22-9-4-3-7-18-14-6-2-1-5-13(14)15/h1-8,10-12H,9H2. The van der Waals surface area contributed by atoms with Gasteiger partial charge in [-0.05, 0) is 24.3 Å². The molecule has 0 atom stereocenters. The maximum absolute atomic E-state index is 12.1. The summed E-state index contributed by atoms with van der Waals surface area (Å²) in [7, 11) is 0. The van der Waals surface area contributed by atoms with Crippen LogP contribution in [0, 0.1) is 0 Å². The molecule has 6 nitrogen and oxygen atoms in total. The van der Waals surface area contributed by atoms with E-state index in [4.69, 9.17) is 4.74 Å². The van der Waals surface area contributed by atoms with Gasteiger partial charge in [-0.2, -0.15) is 0 Å². The first-order valence-electron chi connectivity index (χ1n) is 6.48. The molecule has 2 rings (SSSR count). The van der Waals surface area contributed by atoms with Crippen molar-refractivity contribution in [3.05, 3.63) is 54.4 Å². The SMILES string of the molecule is O=C1C=NC=COCC=CC=Nc2ccccc2C(=O)C=N1. The lowest BCUT2D eigenvalue weighted by molar-refractivity contribution is -0.111. The fourth-order valence-corrected chi connectivity index (χ4v) is 1.56. The molecule has 0 saturated carbocycles. The fourth-order valence-electron chi connectivity index (χ4n) is 1.56. The summed E-state index contributed by atoms with van der Waals surface area (Å²) in [4.78, 5) is 34.9. The van der Waals surface area contributed by atoms with Gasteiger partial charge in [-0.3, -0.25) is 19.6 Å². The lowest BCUT2D eigenvalue weighted by atomic mass is 10.1. The molecule has 0 saturated heterocycles. The summed E-state index contributed by atoms with van der Waals surface area (Å²) in [6.07, 6.45) is 9.65. The Hall–Kier alpha value is -3.15. The monoisotopic (exact) mass is 295 g/mol. The Balaban J connectivity index is 2.32. The van der Waals surface area contributed by atoms with E-state index in [1.54, 1.807) is 42.6 Å². The second-order valence-corrected chi connectivity index (χ2v) is 4.08. The van der Waals surface area contributed by atoms with Crippen molar-refractivity contribution in [2.45, 2.75) is 0 Å². The number of hydrogen-bond acceptors (Lipinski definition) is 5. The summed E-state index contributed by atoms with van der Waals surface area (Å²) < 4.78 is 5.11. The minimum atomic E-state index is -0.633. The van der Waals surface area contributed by atoms with E-state index in [9.17, 15) is 9.59 Å². The normalized spacial score (nSPS) is 15.6. The average molecular weight is 295 g/mol. The molecule has 1 aliphatic rings. The number of carbonyl (C=O) groups is 2. The number of allylic oxidation sites excluding steroid dienone is 1. The van der Waals surface area contributed by atoms with Gasteiger partial charge in [0.2, 0.25) is 5.78 Å². The summed E-state index contributed by atoms with van der Waals surface area (Å²) in [5.74, 6) is -1.03. The molecule has 110 valence electrons. The molecule has 6 heteroatoms. The number of benzene rings is 1. The van der Waals surface area contributed by atoms with E-state index in [1.165, 1.54) is 12.5 Å². The van der Waals surface area contributed by atoms with Crippen LogP contribution in [-0.4, -0.2) is 36.9 Å². The molecule has 1 aromatic carbocycles. The highest BCUT2D eigenvalue weighted by Gasteiger charge is 2.08. The van der Waals surface area contributed by atoms with Gasteiger partial charge in [0.25, 0.3) is 5.91 Å². The number of ketones is 1. The Morgan fingerprint density at radius 3 is 2.82 bits per heavy atom. The van der Waals surface area contributed by atoms with Crippen molar-refractivity contribution in [1.29, 1.82) is 0 Å². The summed E-state index contributed by atoms with van der Waals surface area (Å²) in [6, 6.07) is 6.82. The van der Waals surface area contributed by atoms with Gasteiger partial charge in [0.15, 0.2) is 0 Å². The van der Waals surface area contributed by atoms with Crippen molar-refractivity contribution in [3.63, 3.8) is 0 Å². The van der Waals surface area contributed by atoms with Crippen LogP contribution in [0.2, 0.25) is 0 Å². The van der Waals surface area contributed by atoms with E-state index in [0.29, 0.717) is 17.9 Å². The minimum Gasteiger partial charge on any atom is -0.496 e. The highest BCUT2D eigenvalue weighted by Crippen LogP contribution is 2.18. The van der Waals surface area contributed by atoms with E-state index >= 15 is 0 Å². The van der Waals surface area contributed by atoms with Crippen molar-refractivity contribution in [2.75, 3.05) is 6.61 Å². The molecule has 1 aromatic rings. The number of hydrogen-bond donors (Lipinski definition) is 0. The zero-order valence-corrected chi connectivity index (χ0v) is 11.6. The second kappa shape index (κ2) is 8.21. The topological polar surface area (TPSA) is 80.5 Å². The number of Topliss-reactive ketones (excluding diaryl/α,β-unsaturated/α-hetero) is 1. The van der Waals surface area contributed by atoms with Crippen LogP contribution in [0.15, 0.2) is 63.9 Å². The first kappa shape index (κ1) is 15.2. The maximum Gasteiger partial charge on any atom is 0.288 e. The molecule has 0 fully saturated rings. The third kappa shape index (κ3) is 4.75. The quantitative estimate of drug-likeness (QED) is 0.736. The van der Waals surface area contributed by atoms with Gasteiger partial charge in [-0.1, -0.05) is 12.1 Å². The Morgan fingerprint density at radius 1 is 1.05 bits per heavy atom. The van der Waals surface area contributed by atoms with Gasteiger partial charge in [0, 0.05) is 11.8 Å². The van der Waals surface area contributed by atoms with Crippen LogP contribution < -0.4 is 0 Å². The number of ether oxygens (including phenoxy) is 1. The zero-order valence-electron chi connectivity index (χ0n) is 11.6. The number of rotatable bonds is 0. The molecule has 0 bridgehead atoms. The Kier molecular flexibility index (Phi) is 5.69. The molecule has 0 radical (unpaired) electrons. The molecule has 1 amide bonds. The van der Waals surface area contributed by atoms with Crippen molar-refractivity contribution in [3.8, 4) is 0 Å². The summed E-state index contributed by atoms with van der Waals surface area (Å²) in [5.41, 5.74) is 0.863. The van der Waals surface area contributed by atoms with Gasteiger partial charge in [0.1, 0.15) is 12.9 Å². The molecule has 0 spiro atoms. The zero-order chi connectivity index (χ0) is 15.6. The molecule has 22 heavy (non-hydrogen) atoms. The molecule has 1 aliphatic heterocycles. The number of fused-ring (bicyclic) bond motifs is 1. The van der Waals surface area contributed by atoms with Gasteiger partial charge >= 0.3 is 0 Å². The van der Waals surface area contributed by atoms with Crippen molar-refractivity contribution in [2.24, 2.45) is 15.0 Å². The highest BCUT2D eigenvalue weighted by molar-refractivity contribution is 6.40. The number of aliphatic imine (C=N–C) groups is 3. The summed E-state index contributed by atoms with van der Waals surface area (Å²) in [5, 5.41) is 0. The maximum atomic E-state index is 12.1. The number of amides is 1. The molecule has 0 aliphatic carbocycles. The molecule has 1 heterocycles. The smallest absolute Gasteiger partial charge is 0.288 e. The van der Waals surface area contributed by atoms with Crippen molar-refractivity contribution in [1.82, 2.24) is 0 Å². The Bertz CT molecular complexity index is 700. The highest BCUT2D eigenvalue weighted by atomic mass is 16.5. The minimum absolute atomic E-state index is 0.338. The van der Waals surface area contributed by atoms with Crippen LogP contribution in [-0.2, 0) is 9.53 Å². The van der Waals surface area contributed by atoms with Crippen LogP contribution in [0.25, 0.3) is 0 Å². The fraction of sp³-hybridized carbons (Fsp3) is 0.0625. The summed E-state index contributed by atoms with van der Waals surface area (Å²) >= 11 is 0. The van der Waals surface area contributed by atoms with Crippen LogP contribution in [0.3, 0.4) is 0 Å². The number of nitrogens with zero attached hydrogens (tertiary/aromatic N) is 3. The summed E-state index contributed by atoms with van der Waals surface area (Å²) in [6.45, 7) is 0.338.